The second-order valence-electron chi connectivity index (χ2n) is 7.52. The minimum atomic E-state index is -0.869. The van der Waals surface area contributed by atoms with Gasteiger partial charge in [-0.1, -0.05) is 44.0 Å². The maximum absolute atomic E-state index is 13.5. The molecule has 0 spiro atoms. The van der Waals surface area contributed by atoms with E-state index in [0.29, 0.717) is 23.5 Å². The number of ketones is 1. The first-order valence-corrected chi connectivity index (χ1v) is 12.3. The van der Waals surface area contributed by atoms with Crippen molar-refractivity contribution in [1.82, 2.24) is 5.01 Å². The number of ether oxygens (including phenoxy) is 2. The number of rotatable bonds is 4. The van der Waals surface area contributed by atoms with E-state index in [4.69, 9.17) is 14.6 Å². The molecule has 0 fully saturated rings. The molecule has 0 aliphatic carbocycles. The maximum Gasteiger partial charge on any atom is 0.251 e. The van der Waals surface area contributed by atoms with Crippen molar-refractivity contribution in [3.8, 4) is 11.5 Å². The highest BCUT2D eigenvalue weighted by atomic mass is 79.9. The standard InChI is InChI=1S/C24H17Br3N2O3/c1-31-17-8-4-14(5-9-17)22(30)24-29-21(18-10-16(26)11-19(27)23(18)32-24)12-20(28-29)13-2-6-15(25)7-3-13/h2-11,21,24H,12H2,1H3. The molecule has 162 valence electrons. The smallest absolute Gasteiger partial charge is 0.251 e. The van der Waals surface area contributed by atoms with Gasteiger partial charge >= 0.3 is 0 Å². The first-order chi connectivity index (χ1) is 15.4. The average molecular weight is 621 g/mol. The molecule has 2 aliphatic rings. The van der Waals surface area contributed by atoms with Gasteiger partial charge in [-0.25, -0.2) is 5.01 Å². The zero-order valence-electron chi connectivity index (χ0n) is 16.9. The van der Waals surface area contributed by atoms with Crippen molar-refractivity contribution in [3.63, 3.8) is 0 Å². The quantitative estimate of drug-likeness (QED) is 0.303. The molecule has 0 bridgehead atoms. The van der Waals surface area contributed by atoms with E-state index in [1.807, 2.05) is 36.4 Å². The molecule has 0 N–H and O–H groups in total. The highest BCUT2D eigenvalue weighted by molar-refractivity contribution is 9.11. The van der Waals surface area contributed by atoms with Crippen molar-refractivity contribution >= 4 is 59.3 Å². The second-order valence-corrected chi connectivity index (χ2v) is 10.2. The van der Waals surface area contributed by atoms with Gasteiger partial charge in [0.2, 0.25) is 5.78 Å². The molecule has 0 radical (unpaired) electrons. The molecule has 2 aliphatic heterocycles. The van der Waals surface area contributed by atoms with E-state index in [9.17, 15) is 4.79 Å². The average Bonchev–Trinajstić information content (AvgIpc) is 3.24. The Hall–Kier alpha value is -2.16. The number of hydrogen-bond acceptors (Lipinski definition) is 5. The van der Waals surface area contributed by atoms with Crippen LogP contribution in [-0.4, -0.2) is 29.8 Å². The fraction of sp³-hybridized carbons (Fsp3) is 0.167. The Morgan fingerprint density at radius 3 is 2.44 bits per heavy atom. The van der Waals surface area contributed by atoms with Gasteiger partial charge in [0.05, 0.1) is 23.3 Å². The number of Topliss-reactive ketones (excluding diaryl/α,β-unsaturated/α-hetero) is 1. The van der Waals surface area contributed by atoms with E-state index >= 15 is 0 Å². The molecule has 8 heteroatoms. The molecular formula is C24H17Br3N2O3. The summed E-state index contributed by atoms with van der Waals surface area (Å²) in [5.41, 5.74) is 3.47. The topological polar surface area (TPSA) is 51.1 Å². The van der Waals surface area contributed by atoms with Crippen LogP contribution in [0.5, 0.6) is 11.5 Å². The molecular weight excluding hydrogens is 604 g/mol. The van der Waals surface area contributed by atoms with Gasteiger partial charge in [0, 0.05) is 26.5 Å². The third kappa shape index (κ3) is 3.89. The summed E-state index contributed by atoms with van der Waals surface area (Å²) in [5, 5.41) is 6.66. The van der Waals surface area contributed by atoms with E-state index in [-0.39, 0.29) is 11.8 Å². The monoisotopic (exact) mass is 618 g/mol. The fourth-order valence-corrected chi connectivity index (χ4v) is 5.62. The van der Waals surface area contributed by atoms with Crippen LogP contribution in [0.25, 0.3) is 0 Å². The fourth-order valence-electron chi connectivity index (χ4n) is 4.00. The molecule has 0 amide bonds. The lowest BCUT2D eigenvalue weighted by molar-refractivity contribution is -0.00509. The van der Waals surface area contributed by atoms with E-state index in [0.717, 1.165) is 30.3 Å². The van der Waals surface area contributed by atoms with Crippen LogP contribution in [0.1, 0.15) is 33.9 Å². The summed E-state index contributed by atoms with van der Waals surface area (Å²) >= 11 is 10.7. The predicted molar refractivity (Wildman–Crippen MR) is 133 cm³/mol. The predicted octanol–water partition coefficient (Wildman–Crippen LogP) is 6.74. The highest BCUT2D eigenvalue weighted by Crippen LogP contribution is 2.47. The molecule has 5 rings (SSSR count). The molecule has 2 atom stereocenters. The molecule has 3 aromatic rings. The largest absolute Gasteiger partial charge is 0.497 e. The van der Waals surface area contributed by atoms with Crippen LogP contribution < -0.4 is 9.47 Å². The number of halogens is 3. The van der Waals surface area contributed by atoms with Crippen molar-refractivity contribution in [2.75, 3.05) is 7.11 Å². The first kappa shape index (κ1) is 21.7. The summed E-state index contributed by atoms with van der Waals surface area (Å²) in [6.07, 6.45) is -0.195. The molecule has 2 unspecified atom stereocenters. The zero-order valence-corrected chi connectivity index (χ0v) is 21.6. The molecule has 3 aromatic carbocycles. The number of hydrazone groups is 1. The van der Waals surface area contributed by atoms with Gasteiger partial charge in [0.15, 0.2) is 0 Å². The lowest BCUT2D eigenvalue weighted by atomic mass is 9.96. The first-order valence-electron chi connectivity index (χ1n) is 9.90. The Morgan fingerprint density at radius 1 is 1.03 bits per heavy atom. The van der Waals surface area contributed by atoms with Crippen LogP contribution >= 0.6 is 47.8 Å². The number of benzene rings is 3. The van der Waals surface area contributed by atoms with Crippen LogP contribution in [0.2, 0.25) is 0 Å². The molecule has 2 heterocycles. The van der Waals surface area contributed by atoms with Gasteiger partial charge in [-0.3, -0.25) is 4.79 Å². The van der Waals surface area contributed by atoms with Gasteiger partial charge in [-0.05, 0) is 70.0 Å². The van der Waals surface area contributed by atoms with E-state index in [1.165, 1.54) is 0 Å². The number of carbonyl (C=O) groups is 1. The van der Waals surface area contributed by atoms with Crippen molar-refractivity contribution in [3.05, 3.63) is 90.8 Å². The number of carbonyl (C=O) groups excluding carboxylic acids is 1. The minimum Gasteiger partial charge on any atom is -0.497 e. The third-order valence-corrected chi connectivity index (χ3v) is 7.16. The third-order valence-electron chi connectivity index (χ3n) is 5.58. The Morgan fingerprint density at radius 2 is 1.75 bits per heavy atom. The second kappa shape index (κ2) is 8.65. The van der Waals surface area contributed by atoms with Crippen LogP contribution in [0, 0.1) is 0 Å². The van der Waals surface area contributed by atoms with Crippen molar-refractivity contribution < 1.29 is 14.3 Å². The summed E-state index contributed by atoms with van der Waals surface area (Å²) in [6.45, 7) is 0. The number of fused-ring (bicyclic) bond motifs is 3. The van der Waals surface area contributed by atoms with E-state index in [1.54, 1.807) is 36.4 Å². The SMILES string of the molecule is COc1ccc(C(=O)C2Oc3c(Br)cc(Br)cc3C3CC(c4ccc(Br)cc4)=NN23)cc1. The van der Waals surface area contributed by atoms with E-state index < -0.39 is 6.23 Å². The van der Waals surface area contributed by atoms with Crippen molar-refractivity contribution in [2.45, 2.75) is 18.7 Å². The number of methoxy groups -OCH3 is 1. The van der Waals surface area contributed by atoms with Crippen LogP contribution in [0.4, 0.5) is 0 Å². The Bertz CT molecular complexity index is 1230. The summed E-state index contributed by atoms with van der Waals surface area (Å²) in [7, 11) is 1.60. The normalized spacial score (nSPS) is 19.0. The molecule has 0 saturated heterocycles. The highest BCUT2D eigenvalue weighted by Gasteiger charge is 2.44. The van der Waals surface area contributed by atoms with Gasteiger partial charge in [-0.2, -0.15) is 5.10 Å². The molecule has 5 nitrogen and oxygen atoms in total. The summed E-state index contributed by atoms with van der Waals surface area (Å²) in [4.78, 5) is 13.5. The zero-order chi connectivity index (χ0) is 22.4. The van der Waals surface area contributed by atoms with Gasteiger partial charge in [-0.15, -0.1) is 0 Å². The van der Waals surface area contributed by atoms with Crippen LogP contribution in [-0.2, 0) is 0 Å². The van der Waals surface area contributed by atoms with Gasteiger partial charge in [0.1, 0.15) is 11.5 Å². The summed E-state index contributed by atoms with van der Waals surface area (Å²) in [6, 6.07) is 18.9. The summed E-state index contributed by atoms with van der Waals surface area (Å²) < 4.78 is 14.2. The number of hydrogen-bond donors (Lipinski definition) is 0. The molecule has 32 heavy (non-hydrogen) atoms. The van der Waals surface area contributed by atoms with Crippen LogP contribution in [0.15, 0.2) is 79.2 Å². The van der Waals surface area contributed by atoms with Crippen molar-refractivity contribution in [1.29, 1.82) is 0 Å². The van der Waals surface area contributed by atoms with Crippen molar-refractivity contribution in [2.24, 2.45) is 5.10 Å². The number of nitrogens with zero attached hydrogens (tertiary/aromatic N) is 2. The molecule has 0 aromatic heterocycles. The van der Waals surface area contributed by atoms with Gasteiger partial charge < -0.3 is 9.47 Å². The Labute approximate surface area is 210 Å². The van der Waals surface area contributed by atoms with Gasteiger partial charge in [0.25, 0.3) is 6.23 Å². The minimum absolute atomic E-state index is 0.113. The molecule has 0 saturated carbocycles. The lowest BCUT2D eigenvalue weighted by Gasteiger charge is -2.37. The maximum atomic E-state index is 13.5. The summed E-state index contributed by atoms with van der Waals surface area (Å²) in [5.74, 6) is 1.21. The van der Waals surface area contributed by atoms with E-state index in [2.05, 4.69) is 47.8 Å². The Balaban J connectivity index is 1.57. The Kier molecular flexibility index (Phi) is 5.86. The lowest BCUT2D eigenvalue weighted by Crippen LogP contribution is -2.46. The van der Waals surface area contributed by atoms with Crippen LogP contribution in [0.3, 0.4) is 0 Å².